The van der Waals surface area contributed by atoms with Gasteiger partial charge in [-0.25, -0.2) is 12.7 Å². The number of carbonyl (C=O) groups is 1. The molecule has 0 atom stereocenters. The van der Waals surface area contributed by atoms with Crippen LogP contribution in [0.25, 0.3) is 0 Å². The summed E-state index contributed by atoms with van der Waals surface area (Å²) >= 11 is 0. The van der Waals surface area contributed by atoms with E-state index >= 15 is 0 Å². The van der Waals surface area contributed by atoms with Crippen molar-refractivity contribution in [2.75, 3.05) is 19.8 Å². The maximum atomic E-state index is 11.8. The minimum atomic E-state index is -3.62. The van der Waals surface area contributed by atoms with Crippen molar-refractivity contribution in [2.45, 2.75) is 4.90 Å². The average molecular weight is 228 g/mol. The standard InChI is InChI=1S/C9H12N2O3S/c1-11(2)15(13,14)9-5-8(10)4-3-7(9)6-12/h3-6H,10H2,1-2H3. The van der Waals surface area contributed by atoms with Crippen LogP contribution in [0.15, 0.2) is 23.1 Å². The summed E-state index contributed by atoms with van der Waals surface area (Å²) in [5.41, 5.74) is 5.90. The summed E-state index contributed by atoms with van der Waals surface area (Å²) in [6.07, 6.45) is 0.496. The Bertz CT molecular complexity index is 480. The lowest BCUT2D eigenvalue weighted by Gasteiger charge is -2.13. The molecule has 0 aliphatic heterocycles. The molecule has 0 fully saturated rings. The lowest BCUT2D eigenvalue weighted by molar-refractivity contribution is 0.112. The van der Waals surface area contributed by atoms with Crippen LogP contribution in [-0.4, -0.2) is 33.1 Å². The number of nitrogens with two attached hydrogens (primary N) is 1. The maximum Gasteiger partial charge on any atom is 0.243 e. The molecule has 15 heavy (non-hydrogen) atoms. The van der Waals surface area contributed by atoms with Crippen molar-refractivity contribution < 1.29 is 13.2 Å². The molecule has 0 aromatic heterocycles. The fourth-order valence-corrected chi connectivity index (χ4v) is 2.16. The highest BCUT2D eigenvalue weighted by molar-refractivity contribution is 7.89. The van der Waals surface area contributed by atoms with Gasteiger partial charge in [-0.05, 0) is 18.2 Å². The van der Waals surface area contributed by atoms with E-state index in [4.69, 9.17) is 5.73 Å². The molecule has 0 saturated heterocycles. The molecule has 0 bridgehead atoms. The summed E-state index contributed by atoms with van der Waals surface area (Å²) in [5, 5.41) is 0. The molecule has 0 spiro atoms. The molecular formula is C9H12N2O3S. The number of rotatable bonds is 3. The SMILES string of the molecule is CN(C)S(=O)(=O)c1cc(N)ccc1C=O. The van der Waals surface area contributed by atoms with Gasteiger partial charge in [0.05, 0.1) is 4.90 Å². The summed E-state index contributed by atoms with van der Waals surface area (Å²) in [6.45, 7) is 0. The van der Waals surface area contributed by atoms with E-state index in [1.807, 2.05) is 0 Å². The van der Waals surface area contributed by atoms with Crippen molar-refractivity contribution in [3.8, 4) is 0 Å². The zero-order chi connectivity index (χ0) is 11.6. The number of nitrogens with zero attached hydrogens (tertiary/aromatic N) is 1. The van der Waals surface area contributed by atoms with Gasteiger partial charge in [0.1, 0.15) is 0 Å². The molecule has 1 rings (SSSR count). The second-order valence-corrected chi connectivity index (χ2v) is 5.32. The molecule has 0 amide bonds. The Balaban J connectivity index is 3.48. The van der Waals surface area contributed by atoms with Gasteiger partial charge in [-0.2, -0.15) is 0 Å². The van der Waals surface area contributed by atoms with Crippen LogP contribution in [0, 0.1) is 0 Å². The Morgan fingerprint density at radius 3 is 2.40 bits per heavy atom. The van der Waals surface area contributed by atoms with Crippen LogP contribution in [0.1, 0.15) is 10.4 Å². The second-order valence-electron chi connectivity index (χ2n) is 3.20. The summed E-state index contributed by atoms with van der Waals surface area (Å²) in [7, 11) is -0.828. The van der Waals surface area contributed by atoms with Crippen molar-refractivity contribution in [3.05, 3.63) is 23.8 Å². The minimum Gasteiger partial charge on any atom is -0.399 e. The van der Waals surface area contributed by atoms with Gasteiger partial charge >= 0.3 is 0 Å². The Morgan fingerprint density at radius 2 is 1.93 bits per heavy atom. The molecule has 0 unspecified atom stereocenters. The van der Waals surface area contributed by atoms with E-state index in [0.29, 0.717) is 12.0 Å². The van der Waals surface area contributed by atoms with E-state index in [9.17, 15) is 13.2 Å². The normalized spacial score (nSPS) is 11.7. The van der Waals surface area contributed by atoms with Gasteiger partial charge in [-0.3, -0.25) is 4.79 Å². The van der Waals surface area contributed by atoms with Crippen LogP contribution in [0.4, 0.5) is 5.69 Å². The van der Waals surface area contributed by atoms with E-state index in [1.165, 1.54) is 32.3 Å². The maximum absolute atomic E-state index is 11.8. The predicted molar refractivity (Wildman–Crippen MR) is 57.1 cm³/mol. The van der Waals surface area contributed by atoms with E-state index in [0.717, 1.165) is 4.31 Å². The van der Waals surface area contributed by atoms with Crippen molar-refractivity contribution in [1.82, 2.24) is 4.31 Å². The van der Waals surface area contributed by atoms with Crippen LogP contribution in [-0.2, 0) is 10.0 Å². The Labute approximate surface area is 88.5 Å². The first-order chi connectivity index (χ1) is 6.89. The van der Waals surface area contributed by atoms with Gasteiger partial charge in [0, 0.05) is 25.3 Å². The Hall–Kier alpha value is -1.40. The van der Waals surface area contributed by atoms with Crippen molar-refractivity contribution in [1.29, 1.82) is 0 Å². The molecule has 0 saturated carbocycles. The summed E-state index contributed by atoms with van der Waals surface area (Å²) in [5.74, 6) is 0. The lowest BCUT2D eigenvalue weighted by atomic mass is 10.2. The van der Waals surface area contributed by atoms with Gasteiger partial charge in [-0.1, -0.05) is 0 Å². The van der Waals surface area contributed by atoms with Gasteiger partial charge in [0.2, 0.25) is 10.0 Å². The molecule has 1 aromatic rings. The molecule has 82 valence electrons. The predicted octanol–water partition coefficient (Wildman–Crippen LogP) is 0.332. The van der Waals surface area contributed by atoms with E-state index in [-0.39, 0.29) is 10.5 Å². The fraction of sp³-hybridized carbons (Fsp3) is 0.222. The molecule has 5 nitrogen and oxygen atoms in total. The van der Waals surface area contributed by atoms with Crippen molar-refractivity contribution >= 4 is 22.0 Å². The number of carbonyl (C=O) groups excluding carboxylic acids is 1. The quantitative estimate of drug-likeness (QED) is 0.597. The van der Waals surface area contributed by atoms with Crippen LogP contribution in [0.2, 0.25) is 0 Å². The van der Waals surface area contributed by atoms with Gasteiger partial charge in [0.15, 0.2) is 6.29 Å². The van der Waals surface area contributed by atoms with Crippen LogP contribution >= 0.6 is 0 Å². The van der Waals surface area contributed by atoms with Gasteiger partial charge < -0.3 is 5.73 Å². The molecule has 0 heterocycles. The Morgan fingerprint density at radius 1 is 1.33 bits per heavy atom. The third-order valence-electron chi connectivity index (χ3n) is 1.92. The van der Waals surface area contributed by atoms with Crippen LogP contribution in [0.5, 0.6) is 0 Å². The van der Waals surface area contributed by atoms with Crippen molar-refractivity contribution in [3.63, 3.8) is 0 Å². The topological polar surface area (TPSA) is 80.5 Å². The smallest absolute Gasteiger partial charge is 0.243 e. The van der Waals surface area contributed by atoms with E-state index in [2.05, 4.69) is 0 Å². The third kappa shape index (κ3) is 2.16. The zero-order valence-corrected chi connectivity index (χ0v) is 9.28. The Kier molecular flexibility index (Phi) is 3.11. The van der Waals surface area contributed by atoms with Crippen LogP contribution < -0.4 is 5.73 Å². The monoisotopic (exact) mass is 228 g/mol. The highest BCUT2D eigenvalue weighted by atomic mass is 32.2. The highest BCUT2D eigenvalue weighted by Gasteiger charge is 2.21. The van der Waals surface area contributed by atoms with Gasteiger partial charge in [-0.15, -0.1) is 0 Å². The molecule has 0 radical (unpaired) electrons. The number of benzene rings is 1. The number of nitrogen functional groups attached to an aromatic ring is 1. The van der Waals surface area contributed by atoms with Gasteiger partial charge in [0.25, 0.3) is 0 Å². The second kappa shape index (κ2) is 4.00. The van der Waals surface area contributed by atoms with E-state index in [1.54, 1.807) is 0 Å². The molecule has 6 heteroatoms. The first-order valence-electron chi connectivity index (χ1n) is 4.17. The zero-order valence-electron chi connectivity index (χ0n) is 8.47. The summed E-state index contributed by atoms with van der Waals surface area (Å²) in [4.78, 5) is 10.6. The summed E-state index contributed by atoms with van der Waals surface area (Å²) in [6, 6.07) is 4.15. The highest BCUT2D eigenvalue weighted by Crippen LogP contribution is 2.20. The van der Waals surface area contributed by atoms with Crippen molar-refractivity contribution in [2.24, 2.45) is 0 Å². The average Bonchev–Trinajstić information content (AvgIpc) is 2.17. The number of hydrogen-bond donors (Lipinski definition) is 1. The summed E-state index contributed by atoms with van der Waals surface area (Å²) < 4.78 is 24.6. The molecule has 0 aliphatic rings. The molecular weight excluding hydrogens is 216 g/mol. The van der Waals surface area contributed by atoms with Crippen LogP contribution in [0.3, 0.4) is 0 Å². The molecule has 1 aromatic carbocycles. The molecule has 0 aliphatic carbocycles. The number of hydrogen-bond acceptors (Lipinski definition) is 4. The minimum absolute atomic E-state index is 0.0671. The fourth-order valence-electron chi connectivity index (χ4n) is 1.07. The number of anilines is 1. The lowest BCUT2D eigenvalue weighted by Crippen LogP contribution is -2.23. The van der Waals surface area contributed by atoms with E-state index < -0.39 is 10.0 Å². The largest absolute Gasteiger partial charge is 0.399 e. The first kappa shape index (κ1) is 11.7. The molecule has 2 N–H and O–H groups in total. The number of sulfonamides is 1. The number of aldehydes is 1. The third-order valence-corrected chi connectivity index (χ3v) is 3.79. The first-order valence-corrected chi connectivity index (χ1v) is 5.61.